The van der Waals surface area contributed by atoms with Crippen LogP contribution >= 0.6 is 0 Å². The van der Waals surface area contributed by atoms with E-state index in [9.17, 15) is 30.0 Å². The first kappa shape index (κ1) is 17.2. The highest BCUT2D eigenvalue weighted by Gasteiger charge is 2.42. The minimum Gasteiger partial charge on any atom is -0.504 e. The number of fused-ring (bicyclic) bond motifs is 1. The van der Waals surface area contributed by atoms with Crippen LogP contribution in [0.15, 0.2) is 36.4 Å². The van der Waals surface area contributed by atoms with Crippen molar-refractivity contribution in [2.75, 3.05) is 0 Å². The van der Waals surface area contributed by atoms with E-state index in [0.29, 0.717) is 11.1 Å². The molecule has 0 fully saturated rings. The number of carboxylic acids is 2. The van der Waals surface area contributed by atoms with Gasteiger partial charge in [-0.2, -0.15) is 0 Å². The highest BCUT2D eigenvalue weighted by molar-refractivity contribution is 5.86. The van der Waals surface area contributed by atoms with E-state index in [4.69, 9.17) is 9.84 Å². The highest BCUT2D eigenvalue weighted by Crippen LogP contribution is 2.51. The molecule has 0 amide bonds. The molecule has 0 radical (unpaired) electrons. The second-order valence-electron chi connectivity index (χ2n) is 5.73. The van der Waals surface area contributed by atoms with Crippen LogP contribution in [0.1, 0.15) is 28.7 Å². The van der Waals surface area contributed by atoms with Gasteiger partial charge in [0.15, 0.2) is 23.0 Å². The summed E-state index contributed by atoms with van der Waals surface area (Å²) in [5.41, 5.74) is 0.777. The van der Waals surface area contributed by atoms with E-state index >= 15 is 0 Å². The van der Waals surface area contributed by atoms with Crippen molar-refractivity contribution in [1.82, 2.24) is 0 Å². The molecule has 1 heterocycles. The Labute approximate surface area is 146 Å². The zero-order chi connectivity index (χ0) is 19.0. The van der Waals surface area contributed by atoms with E-state index in [2.05, 4.69) is 0 Å². The molecule has 8 nitrogen and oxygen atoms in total. The molecule has 1 aliphatic heterocycles. The first-order valence-electron chi connectivity index (χ1n) is 7.47. The number of ether oxygens (including phenoxy) is 1. The third-order valence-electron chi connectivity index (χ3n) is 4.02. The van der Waals surface area contributed by atoms with Crippen LogP contribution in [-0.4, -0.2) is 37.5 Å². The normalized spacial score (nSPS) is 18.5. The Bertz CT molecular complexity index is 931. The molecule has 0 saturated carbocycles. The Morgan fingerprint density at radius 2 is 1.69 bits per heavy atom. The third-order valence-corrected chi connectivity index (χ3v) is 4.02. The van der Waals surface area contributed by atoms with E-state index in [1.807, 2.05) is 0 Å². The van der Waals surface area contributed by atoms with Crippen molar-refractivity contribution in [3.63, 3.8) is 0 Å². The number of aliphatic carboxylic acids is 2. The summed E-state index contributed by atoms with van der Waals surface area (Å²) in [6.45, 7) is 0. The molecule has 0 aliphatic carbocycles. The summed E-state index contributed by atoms with van der Waals surface area (Å²) < 4.78 is 5.61. The standard InChI is InChI=1S/C18H14O8/c19-11-3-2-9(7-12(11)20)16-15(18(24)25)10-5-8(1-4-14(22)23)6-13(21)17(10)26-16/h1-7,15-16,19-21H,(H,22,23)(H,24,25)/b4-1+/t15-,16+/m0/s1. The SMILES string of the molecule is O=C(O)/C=C/c1cc(O)c2c(c1)[C@H](C(=O)O)[C@@H](c1ccc(O)c(O)c1)O2. The summed E-state index contributed by atoms with van der Waals surface area (Å²) in [5, 5.41) is 47.6. The van der Waals surface area contributed by atoms with E-state index in [1.54, 1.807) is 0 Å². The largest absolute Gasteiger partial charge is 0.504 e. The molecule has 134 valence electrons. The zero-order valence-corrected chi connectivity index (χ0v) is 13.2. The molecule has 0 saturated heterocycles. The molecule has 5 N–H and O–H groups in total. The van der Waals surface area contributed by atoms with E-state index in [-0.39, 0.29) is 22.8 Å². The Balaban J connectivity index is 2.08. The molecule has 0 aromatic heterocycles. The van der Waals surface area contributed by atoms with E-state index in [0.717, 1.165) is 6.08 Å². The maximum atomic E-state index is 11.8. The van der Waals surface area contributed by atoms with Crippen molar-refractivity contribution in [2.45, 2.75) is 12.0 Å². The first-order chi connectivity index (χ1) is 12.3. The van der Waals surface area contributed by atoms with Crippen molar-refractivity contribution >= 4 is 18.0 Å². The predicted molar refractivity (Wildman–Crippen MR) is 88.3 cm³/mol. The monoisotopic (exact) mass is 358 g/mol. The van der Waals surface area contributed by atoms with Crippen LogP contribution < -0.4 is 4.74 Å². The van der Waals surface area contributed by atoms with E-state index in [1.165, 1.54) is 36.4 Å². The number of rotatable bonds is 4. The Morgan fingerprint density at radius 1 is 0.962 bits per heavy atom. The van der Waals surface area contributed by atoms with Crippen LogP contribution in [0.3, 0.4) is 0 Å². The van der Waals surface area contributed by atoms with Gasteiger partial charge in [-0.3, -0.25) is 4.79 Å². The van der Waals surface area contributed by atoms with Gasteiger partial charge in [0.1, 0.15) is 12.0 Å². The molecular formula is C18H14O8. The highest BCUT2D eigenvalue weighted by atomic mass is 16.5. The molecule has 1 aliphatic rings. The molecular weight excluding hydrogens is 344 g/mol. The summed E-state index contributed by atoms with van der Waals surface area (Å²) in [5.74, 6) is -4.75. The number of phenolic OH excluding ortho intramolecular Hbond substituents is 3. The summed E-state index contributed by atoms with van der Waals surface area (Å²) in [6.07, 6.45) is 1.04. The van der Waals surface area contributed by atoms with Crippen molar-refractivity contribution in [3.05, 3.63) is 53.1 Å². The number of hydrogen-bond donors (Lipinski definition) is 5. The number of carbonyl (C=O) groups is 2. The smallest absolute Gasteiger partial charge is 0.328 e. The van der Waals surface area contributed by atoms with Crippen molar-refractivity contribution < 1.29 is 39.9 Å². The van der Waals surface area contributed by atoms with Crippen LogP contribution in [-0.2, 0) is 9.59 Å². The fourth-order valence-corrected chi connectivity index (χ4v) is 2.88. The fraction of sp³-hybridized carbons (Fsp3) is 0.111. The van der Waals surface area contributed by atoms with Crippen molar-refractivity contribution in [3.8, 4) is 23.0 Å². The number of carboxylic acid groups (broad SMARTS) is 2. The van der Waals surface area contributed by atoms with Gasteiger partial charge < -0.3 is 30.3 Å². The Morgan fingerprint density at radius 3 is 2.31 bits per heavy atom. The number of hydrogen-bond acceptors (Lipinski definition) is 6. The molecule has 8 heteroatoms. The van der Waals surface area contributed by atoms with Gasteiger partial charge in [0.2, 0.25) is 0 Å². The number of phenols is 3. The van der Waals surface area contributed by atoms with Gasteiger partial charge in [0, 0.05) is 11.6 Å². The van der Waals surface area contributed by atoms with Gasteiger partial charge in [-0.25, -0.2) is 4.79 Å². The second-order valence-corrected chi connectivity index (χ2v) is 5.73. The molecule has 0 unspecified atom stereocenters. The average Bonchev–Trinajstić information content (AvgIpc) is 2.95. The molecule has 0 bridgehead atoms. The lowest BCUT2D eigenvalue weighted by Crippen LogP contribution is -2.18. The minimum atomic E-state index is -1.22. The van der Waals surface area contributed by atoms with Gasteiger partial charge in [0.05, 0.1) is 0 Å². The summed E-state index contributed by atoms with van der Waals surface area (Å²) in [6, 6.07) is 6.48. The Kier molecular flexibility index (Phi) is 4.17. The Hall–Kier alpha value is -3.68. The zero-order valence-electron chi connectivity index (χ0n) is 13.2. The summed E-state index contributed by atoms with van der Waals surface area (Å²) in [4.78, 5) is 22.5. The molecule has 2 atom stereocenters. The van der Waals surface area contributed by atoms with Crippen LogP contribution in [0.25, 0.3) is 6.08 Å². The van der Waals surface area contributed by atoms with Gasteiger partial charge in [0.25, 0.3) is 0 Å². The van der Waals surface area contributed by atoms with Crippen LogP contribution in [0.4, 0.5) is 0 Å². The number of benzene rings is 2. The van der Waals surface area contributed by atoms with Crippen LogP contribution in [0.2, 0.25) is 0 Å². The molecule has 2 aromatic rings. The molecule has 26 heavy (non-hydrogen) atoms. The van der Waals surface area contributed by atoms with Crippen molar-refractivity contribution in [2.24, 2.45) is 0 Å². The maximum absolute atomic E-state index is 11.8. The summed E-state index contributed by atoms with van der Waals surface area (Å²) >= 11 is 0. The third kappa shape index (κ3) is 3.00. The van der Waals surface area contributed by atoms with Gasteiger partial charge in [-0.05, 0) is 41.5 Å². The fourth-order valence-electron chi connectivity index (χ4n) is 2.88. The van der Waals surface area contributed by atoms with Gasteiger partial charge in [-0.1, -0.05) is 6.07 Å². The maximum Gasteiger partial charge on any atom is 0.328 e. The van der Waals surface area contributed by atoms with Crippen molar-refractivity contribution in [1.29, 1.82) is 0 Å². The van der Waals surface area contributed by atoms with Crippen LogP contribution in [0.5, 0.6) is 23.0 Å². The van der Waals surface area contributed by atoms with E-state index < -0.39 is 29.7 Å². The topological polar surface area (TPSA) is 145 Å². The molecule has 3 rings (SSSR count). The summed E-state index contributed by atoms with van der Waals surface area (Å²) in [7, 11) is 0. The minimum absolute atomic E-state index is 0.0255. The lowest BCUT2D eigenvalue weighted by atomic mass is 9.90. The lowest BCUT2D eigenvalue weighted by molar-refractivity contribution is -0.140. The molecule has 0 spiro atoms. The lowest BCUT2D eigenvalue weighted by Gasteiger charge is -2.16. The van der Waals surface area contributed by atoms with Gasteiger partial charge >= 0.3 is 11.9 Å². The molecule has 2 aromatic carbocycles. The second kappa shape index (κ2) is 6.32. The quantitative estimate of drug-likeness (QED) is 0.413. The first-order valence-corrected chi connectivity index (χ1v) is 7.47. The predicted octanol–water partition coefficient (Wildman–Crippen LogP) is 2.20. The van der Waals surface area contributed by atoms with Crippen LogP contribution in [0, 0.1) is 0 Å². The van der Waals surface area contributed by atoms with Gasteiger partial charge in [-0.15, -0.1) is 0 Å². The number of aromatic hydroxyl groups is 3. The average molecular weight is 358 g/mol.